The van der Waals surface area contributed by atoms with Crippen molar-refractivity contribution in [3.63, 3.8) is 0 Å². The first-order chi connectivity index (χ1) is 8.06. The third kappa shape index (κ3) is 2.81. The lowest BCUT2D eigenvalue weighted by atomic mass is 10.1. The van der Waals surface area contributed by atoms with Gasteiger partial charge in [-0.3, -0.25) is 4.68 Å². The highest BCUT2D eigenvalue weighted by Crippen LogP contribution is 2.13. The molecule has 0 amide bonds. The molecule has 1 heterocycles. The van der Waals surface area contributed by atoms with Gasteiger partial charge in [-0.15, -0.1) is 0 Å². The van der Waals surface area contributed by atoms with E-state index in [4.69, 9.17) is 29.6 Å². The Morgan fingerprint density at radius 1 is 1.53 bits per heavy atom. The predicted octanol–water partition coefficient (Wildman–Crippen LogP) is 2.36. The van der Waals surface area contributed by atoms with Gasteiger partial charge in [0.2, 0.25) is 0 Å². The predicted molar refractivity (Wildman–Crippen MR) is 68.6 cm³/mol. The van der Waals surface area contributed by atoms with Crippen molar-refractivity contribution in [3.8, 4) is 0 Å². The summed E-state index contributed by atoms with van der Waals surface area (Å²) in [6.45, 7) is 0.316. The van der Waals surface area contributed by atoms with Crippen molar-refractivity contribution < 1.29 is 4.39 Å². The van der Waals surface area contributed by atoms with E-state index in [1.54, 1.807) is 23.0 Å². The zero-order valence-electron chi connectivity index (χ0n) is 8.73. The summed E-state index contributed by atoms with van der Waals surface area (Å²) >= 11 is 10.5. The fourth-order valence-electron chi connectivity index (χ4n) is 1.43. The van der Waals surface area contributed by atoms with Crippen LogP contribution in [0.2, 0.25) is 5.02 Å². The lowest BCUT2D eigenvalue weighted by Gasteiger charge is -2.05. The summed E-state index contributed by atoms with van der Waals surface area (Å²) in [6.07, 6.45) is 3.13. The van der Waals surface area contributed by atoms with Crippen molar-refractivity contribution in [1.82, 2.24) is 9.78 Å². The first-order valence-electron chi connectivity index (χ1n) is 4.82. The SMILES string of the molecule is NC(=S)c1ccc(Cn2cc(Cl)cn2)c(F)c1. The summed E-state index contributed by atoms with van der Waals surface area (Å²) in [5, 5.41) is 4.50. The van der Waals surface area contributed by atoms with Gasteiger partial charge in [-0.25, -0.2) is 4.39 Å². The van der Waals surface area contributed by atoms with Crippen molar-refractivity contribution >= 4 is 28.8 Å². The molecular weight excluding hydrogens is 261 g/mol. The van der Waals surface area contributed by atoms with Crippen LogP contribution >= 0.6 is 23.8 Å². The van der Waals surface area contributed by atoms with E-state index < -0.39 is 0 Å². The molecule has 0 atom stereocenters. The molecule has 0 saturated carbocycles. The maximum Gasteiger partial charge on any atom is 0.128 e. The normalized spacial score (nSPS) is 10.5. The van der Waals surface area contributed by atoms with Gasteiger partial charge >= 0.3 is 0 Å². The van der Waals surface area contributed by atoms with Gasteiger partial charge in [0, 0.05) is 17.3 Å². The molecular formula is C11H9ClFN3S. The molecule has 0 aliphatic carbocycles. The van der Waals surface area contributed by atoms with Gasteiger partial charge in [-0.2, -0.15) is 5.10 Å². The van der Waals surface area contributed by atoms with Crippen LogP contribution in [0.1, 0.15) is 11.1 Å². The molecule has 0 bridgehead atoms. The van der Waals surface area contributed by atoms with Gasteiger partial charge in [0.15, 0.2) is 0 Å². The maximum absolute atomic E-state index is 13.7. The second-order valence-electron chi connectivity index (χ2n) is 3.53. The minimum Gasteiger partial charge on any atom is -0.389 e. The van der Waals surface area contributed by atoms with E-state index in [0.29, 0.717) is 22.7 Å². The van der Waals surface area contributed by atoms with Crippen LogP contribution < -0.4 is 5.73 Å². The maximum atomic E-state index is 13.7. The highest BCUT2D eigenvalue weighted by Gasteiger charge is 2.06. The average molecular weight is 270 g/mol. The summed E-state index contributed by atoms with van der Waals surface area (Å²) in [5.74, 6) is -0.359. The number of nitrogens with two attached hydrogens (primary N) is 1. The largest absolute Gasteiger partial charge is 0.389 e. The summed E-state index contributed by atoms with van der Waals surface area (Å²) in [4.78, 5) is 0.178. The zero-order valence-corrected chi connectivity index (χ0v) is 10.3. The lowest BCUT2D eigenvalue weighted by Crippen LogP contribution is -2.10. The Hall–Kier alpha value is -1.46. The summed E-state index contributed by atoms with van der Waals surface area (Å²) < 4.78 is 15.3. The number of halogens is 2. The van der Waals surface area contributed by atoms with Gasteiger partial charge in [0.25, 0.3) is 0 Å². The van der Waals surface area contributed by atoms with E-state index in [2.05, 4.69) is 5.10 Å². The first-order valence-corrected chi connectivity index (χ1v) is 5.61. The fraction of sp³-hybridized carbons (Fsp3) is 0.0909. The Balaban J connectivity index is 2.25. The topological polar surface area (TPSA) is 43.8 Å². The number of rotatable bonds is 3. The molecule has 0 aliphatic heterocycles. The number of hydrogen-bond acceptors (Lipinski definition) is 2. The number of thiocarbonyl (C=S) groups is 1. The third-order valence-corrected chi connectivity index (χ3v) is 2.70. The molecule has 1 aromatic carbocycles. The average Bonchev–Trinajstić information content (AvgIpc) is 2.67. The van der Waals surface area contributed by atoms with Crippen LogP contribution in [0.5, 0.6) is 0 Å². The Bertz CT molecular complexity index is 568. The van der Waals surface area contributed by atoms with Gasteiger partial charge in [-0.05, 0) is 6.07 Å². The van der Waals surface area contributed by atoms with E-state index in [0.717, 1.165) is 0 Å². The van der Waals surface area contributed by atoms with E-state index in [9.17, 15) is 4.39 Å². The molecule has 0 fully saturated rings. The molecule has 0 saturated heterocycles. The molecule has 3 nitrogen and oxygen atoms in total. The Morgan fingerprint density at radius 3 is 2.82 bits per heavy atom. The van der Waals surface area contributed by atoms with Crippen molar-refractivity contribution in [2.24, 2.45) is 5.73 Å². The quantitative estimate of drug-likeness (QED) is 0.870. The van der Waals surface area contributed by atoms with Gasteiger partial charge in [0.05, 0.1) is 17.8 Å². The standard InChI is InChI=1S/C11H9ClFN3S/c12-9-4-15-16(6-9)5-8-2-1-7(11(14)17)3-10(8)13/h1-4,6H,5H2,(H2,14,17). The molecule has 6 heteroatoms. The molecule has 2 rings (SSSR count). The Kier molecular flexibility index (Phi) is 3.40. The van der Waals surface area contributed by atoms with Gasteiger partial charge < -0.3 is 5.73 Å². The molecule has 0 unspecified atom stereocenters. The molecule has 88 valence electrons. The molecule has 2 N–H and O–H groups in total. The Morgan fingerprint density at radius 2 is 2.29 bits per heavy atom. The number of benzene rings is 1. The summed E-state index contributed by atoms with van der Waals surface area (Å²) in [7, 11) is 0. The van der Waals surface area contributed by atoms with Crippen LogP contribution in [0, 0.1) is 5.82 Å². The smallest absolute Gasteiger partial charge is 0.128 e. The van der Waals surface area contributed by atoms with Crippen molar-refractivity contribution in [2.45, 2.75) is 6.54 Å². The molecule has 17 heavy (non-hydrogen) atoms. The van der Waals surface area contributed by atoms with E-state index in [-0.39, 0.29) is 10.8 Å². The van der Waals surface area contributed by atoms with Crippen LogP contribution in [-0.4, -0.2) is 14.8 Å². The fourth-order valence-corrected chi connectivity index (χ4v) is 1.71. The monoisotopic (exact) mass is 269 g/mol. The van der Waals surface area contributed by atoms with Crippen LogP contribution in [0.25, 0.3) is 0 Å². The third-order valence-electron chi connectivity index (χ3n) is 2.27. The van der Waals surface area contributed by atoms with Gasteiger partial charge in [0.1, 0.15) is 10.8 Å². The van der Waals surface area contributed by atoms with E-state index in [1.807, 2.05) is 0 Å². The highest BCUT2D eigenvalue weighted by molar-refractivity contribution is 7.80. The minimum atomic E-state index is -0.359. The number of hydrogen-bond donors (Lipinski definition) is 1. The minimum absolute atomic E-state index is 0.178. The zero-order chi connectivity index (χ0) is 12.4. The van der Waals surface area contributed by atoms with Crippen LogP contribution in [0.15, 0.2) is 30.6 Å². The van der Waals surface area contributed by atoms with Crippen molar-refractivity contribution in [1.29, 1.82) is 0 Å². The molecule has 0 aliphatic rings. The second kappa shape index (κ2) is 4.81. The van der Waals surface area contributed by atoms with Crippen molar-refractivity contribution in [2.75, 3.05) is 0 Å². The lowest BCUT2D eigenvalue weighted by molar-refractivity contribution is 0.585. The first kappa shape index (κ1) is 12.0. The van der Waals surface area contributed by atoms with Crippen molar-refractivity contribution in [3.05, 3.63) is 52.6 Å². The molecule has 2 aromatic rings. The molecule has 0 radical (unpaired) electrons. The van der Waals surface area contributed by atoms with E-state index >= 15 is 0 Å². The second-order valence-corrected chi connectivity index (χ2v) is 4.40. The van der Waals surface area contributed by atoms with Gasteiger partial charge in [-0.1, -0.05) is 36.0 Å². The van der Waals surface area contributed by atoms with Crippen LogP contribution in [-0.2, 0) is 6.54 Å². The molecule has 0 spiro atoms. The van der Waals surface area contributed by atoms with Crippen LogP contribution in [0.4, 0.5) is 4.39 Å². The summed E-state index contributed by atoms with van der Waals surface area (Å²) in [6, 6.07) is 4.65. The Labute approximate surface area is 108 Å². The summed E-state index contributed by atoms with van der Waals surface area (Å²) in [5.41, 5.74) is 6.44. The highest BCUT2D eigenvalue weighted by atomic mass is 35.5. The molecule has 1 aromatic heterocycles. The van der Waals surface area contributed by atoms with Crippen LogP contribution in [0.3, 0.4) is 0 Å². The van der Waals surface area contributed by atoms with E-state index in [1.165, 1.54) is 12.3 Å². The number of aromatic nitrogens is 2. The number of nitrogens with zero attached hydrogens (tertiary/aromatic N) is 2.